The van der Waals surface area contributed by atoms with Gasteiger partial charge in [-0.1, -0.05) is 23.2 Å². The van der Waals surface area contributed by atoms with Crippen molar-refractivity contribution in [2.45, 2.75) is 0 Å². The SMILES string of the molecule is O=C(Nc1ccc2oc(-c3ccc(O)c(Br)c3)nc2c1)c1ccc(-c2cc(Cl)ccc2Cl)o1. The first-order valence-electron chi connectivity index (χ1n) is 9.63. The molecule has 2 aromatic heterocycles. The van der Waals surface area contributed by atoms with Crippen molar-refractivity contribution in [1.29, 1.82) is 0 Å². The van der Waals surface area contributed by atoms with E-state index in [9.17, 15) is 9.90 Å². The molecule has 164 valence electrons. The molecule has 0 aliphatic carbocycles. The Morgan fingerprint density at radius 2 is 1.82 bits per heavy atom. The number of oxazole rings is 1. The van der Waals surface area contributed by atoms with Crippen molar-refractivity contribution in [3.05, 3.63) is 87.0 Å². The van der Waals surface area contributed by atoms with Gasteiger partial charge in [0, 0.05) is 21.8 Å². The highest BCUT2D eigenvalue weighted by Gasteiger charge is 2.16. The maximum atomic E-state index is 12.7. The van der Waals surface area contributed by atoms with Crippen LogP contribution in [-0.4, -0.2) is 16.0 Å². The van der Waals surface area contributed by atoms with E-state index in [1.807, 2.05) is 0 Å². The van der Waals surface area contributed by atoms with Crippen molar-refractivity contribution >= 4 is 61.8 Å². The molecule has 3 aromatic carbocycles. The molecule has 1 amide bonds. The van der Waals surface area contributed by atoms with Gasteiger partial charge in [0.1, 0.15) is 17.0 Å². The first kappa shape index (κ1) is 21.6. The Morgan fingerprint density at radius 3 is 2.64 bits per heavy atom. The number of carbonyl (C=O) groups is 1. The van der Waals surface area contributed by atoms with Gasteiger partial charge in [-0.15, -0.1) is 0 Å². The number of fused-ring (bicyclic) bond motifs is 1. The molecule has 2 heterocycles. The topological polar surface area (TPSA) is 88.5 Å². The predicted octanol–water partition coefficient (Wildman–Crippen LogP) is 7.78. The second kappa shape index (κ2) is 8.59. The summed E-state index contributed by atoms with van der Waals surface area (Å²) in [6.45, 7) is 0. The average molecular weight is 544 g/mol. The summed E-state index contributed by atoms with van der Waals surface area (Å²) in [7, 11) is 0. The minimum absolute atomic E-state index is 0.121. The Morgan fingerprint density at radius 1 is 0.970 bits per heavy atom. The number of hydrogen-bond acceptors (Lipinski definition) is 5. The maximum absolute atomic E-state index is 12.7. The van der Waals surface area contributed by atoms with Crippen LogP contribution in [0, 0.1) is 0 Å². The number of carbonyl (C=O) groups excluding carboxylic acids is 1. The van der Waals surface area contributed by atoms with Crippen LogP contribution in [0.2, 0.25) is 10.0 Å². The second-order valence-corrected chi connectivity index (χ2v) is 8.81. The smallest absolute Gasteiger partial charge is 0.291 e. The van der Waals surface area contributed by atoms with Gasteiger partial charge < -0.3 is 19.3 Å². The summed E-state index contributed by atoms with van der Waals surface area (Å²) in [4.78, 5) is 17.2. The molecular weight excluding hydrogens is 531 g/mol. The molecule has 0 aliphatic heterocycles. The number of halogens is 3. The van der Waals surface area contributed by atoms with Crippen LogP contribution < -0.4 is 5.32 Å². The number of rotatable bonds is 4. The Kier molecular flexibility index (Phi) is 5.62. The van der Waals surface area contributed by atoms with E-state index in [0.29, 0.717) is 54.1 Å². The molecule has 0 fully saturated rings. The maximum Gasteiger partial charge on any atom is 0.291 e. The lowest BCUT2D eigenvalue weighted by molar-refractivity contribution is 0.0997. The van der Waals surface area contributed by atoms with Gasteiger partial charge >= 0.3 is 0 Å². The summed E-state index contributed by atoms with van der Waals surface area (Å²) in [5.41, 5.74) is 2.95. The molecule has 0 saturated heterocycles. The highest BCUT2D eigenvalue weighted by molar-refractivity contribution is 9.10. The number of aromatic nitrogens is 1. The molecule has 0 atom stereocenters. The zero-order valence-electron chi connectivity index (χ0n) is 16.6. The van der Waals surface area contributed by atoms with Crippen LogP contribution >= 0.6 is 39.1 Å². The number of aromatic hydroxyl groups is 1. The van der Waals surface area contributed by atoms with Crippen molar-refractivity contribution in [3.63, 3.8) is 0 Å². The van der Waals surface area contributed by atoms with Crippen LogP contribution in [0.4, 0.5) is 5.69 Å². The Bertz CT molecular complexity index is 1530. The zero-order valence-corrected chi connectivity index (χ0v) is 19.7. The van der Waals surface area contributed by atoms with Crippen molar-refractivity contribution in [1.82, 2.24) is 4.98 Å². The fourth-order valence-corrected chi connectivity index (χ4v) is 4.01. The summed E-state index contributed by atoms with van der Waals surface area (Å²) in [6.07, 6.45) is 0. The third kappa shape index (κ3) is 4.35. The van der Waals surface area contributed by atoms with Gasteiger partial charge in [-0.05, 0) is 82.7 Å². The van der Waals surface area contributed by atoms with Crippen LogP contribution in [-0.2, 0) is 0 Å². The third-order valence-corrected chi connectivity index (χ3v) is 6.06. The van der Waals surface area contributed by atoms with Crippen molar-refractivity contribution in [2.75, 3.05) is 5.32 Å². The predicted molar refractivity (Wildman–Crippen MR) is 131 cm³/mol. The lowest BCUT2D eigenvalue weighted by atomic mass is 10.2. The van der Waals surface area contributed by atoms with E-state index < -0.39 is 5.91 Å². The van der Waals surface area contributed by atoms with Crippen molar-refractivity contribution in [3.8, 4) is 28.5 Å². The Balaban J connectivity index is 1.38. The third-order valence-electron chi connectivity index (χ3n) is 4.86. The molecule has 2 N–H and O–H groups in total. The van der Waals surface area contributed by atoms with E-state index in [0.717, 1.165) is 0 Å². The fraction of sp³-hybridized carbons (Fsp3) is 0. The van der Waals surface area contributed by atoms with Crippen LogP contribution in [0.5, 0.6) is 5.75 Å². The molecule has 0 bridgehead atoms. The number of furan rings is 1. The number of nitrogens with one attached hydrogen (secondary N) is 1. The summed E-state index contributed by atoms with van der Waals surface area (Å²) >= 11 is 15.5. The number of benzene rings is 3. The van der Waals surface area contributed by atoms with E-state index in [1.165, 1.54) is 0 Å². The molecular formula is C24H13BrCl2N2O4. The minimum Gasteiger partial charge on any atom is -0.507 e. The largest absolute Gasteiger partial charge is 0.507 e. The quantitative estimate of drug-likeness (QED) is 0.241. The van der Waals surface area contributed by atoms with Crippen LogP contribution in [0.15, 0.2) is 80.0 Å². The van der Waals surface area contributed by atoms with Crippen LogP contribution in [0.3, 0.4) is 0 Å². The zero-order chi connectivity index (χ0) is 23.1. The highest BCUT2D eigenvalue weighted by Crippen LogP contribution is 2.33. The van der Waals surface area contributed by atoms with E-state index in [2.05, 4.69) is 26.2 Å². The van der Waals surface area contributed by atoms with Gasteiger partial charge in [-0.25, -0.2) is 4.98 Å². The van der Waals surface area contributed by atoms with E-state index in [-0.39, 0.29) is 11.5 Å². The van der Waals surface area contributed by atoms with Gasteiger partial charge in [0.05, 0.1) is 9.50 Å². The second-order valence-electron chi connectivity index (χ2n) is 7.11. The van der Waals surface area contributed by atoms with E-state index in [1.54, 1.807) is 66.7 Å². The highest BCUT2D eigenvalue weighted by atomic mass is 79.9. The lowest BCUT2D eigenvalue weighted by Crippen LogP contribution is -2.10. The Labute approximate surface area is 205 Å². The van der Waals surface area contributed by atoms with Gasteiger partial charge in [0.2, 0.25) is 5.89 Å². The molecule has 0 radical (unpaired) electrons. The molecule has 0 aliphatic rings. The fourth-order valence-electron chi connectivity index (χ4n) is 3.25. The summed E-state index contributed by atoms with van der Waals surface area (Å²) < 4.78 is 12.0. The molecule has 5 rings (SSSR count). The number of phenolic OH excluding ortho intramolecular Hbond substituents is 1. The normalized spacial score (nSPS) is 11.1. The van der Waals surface area contributed by atoms with Crippen molar-refractivity contribution in [2.24, 2.45) is 0 Å². The first-order chi connectivity index (χ1) is 15.9. The molecule has 5 aromatic rings. The number of hydrogen-bond donors (Lipinski definition) is 2. The number of nitrogens with zero attached hydrogens (tertiary/aromatic N) is 1. The minimum atomic E-state index is -0.426. The van der Waals surface area contributed by atoms with Crippen molar-refractivity contribution < 1.29 is 18.7 Å². The number of amides is 1. The molecule has 6 nitrogen and oxygen atoms in total. The molecule has 0 unspecified atom stereocenters. The Hall–Kier alpha value is -3.26. The van der Waals surface area contributed by atoms with Gasteiger partial charge in [-0.3, -0.25) is 4.79 Å². The molecule has 0 saturated carbocycles. The summed E-state index contributed by atoms with van der Waals surface area (Å²) in [5.74, 6) is 0.645. The van der Waals surface area contributed by atoms with Gasteiger partial charge in [0.15, 0.2) is 11.3 Å². The first-order valence-corrected chi connectivity index (χ1v) is 11.2. The molecule has 0 spiro atoms. The number of phenols is 1. The van der Waals surface area contributed by atoms with Crippen LogP contribution in [0.1, 0.15) is 10.6 Å². The molecule has 9 heteroatoms. The molecule has 33 heavy (non-hydrogen) atoms. The van der Waals surface area contributed by atoms with E-state index >= 15 is 0 Å². The summed E-state index contributed by atoms with van der Waals surface area (Å²) in [6, 6.07) is 18.3. The lowest BCUT2D eigenvalue weighted by Gasteiger charge is -2.03. The van der Waals surface area contributed by atoms with E-state index in [4.69, 9.17) is 32.0 Å². The number of anilines is 1. The van der Waals surface area contributed by atoms with Gasteiger partial charge in [0.25, 0.3) is 5.91 Å². The average Bonchev–Trinajstić information content (AvgIpc) is 3.44. The monoisotopic (exact) mass is 542 g/mol. The van der Waals surface area contributed by atoms with Crippen LogP contribution in [0.25, 0.3) is 33.9 Å². The summed E-state index contributed by atoms with van der Waals surface area (Å²) in [5, 5.41) is 13.4. The standard InChI is InChI=1S/C24H13BrCl2N2O4/c25-16-9-12(1-5-19(16)30)24-29-18-11-14(3-6-21(18)33-24)28-23(31)22-8-7-20(32-22)15-10-13(26)2-4-17(15)27/h1-11,30H,(H,28,31). The van der Waals surface area contributed by atoms with Gasteiger partial charge in [-0.2, -0.15) is 0 Å².